The summed E-state index contributed by atoms with van der Waals surface area (Å²) in [5.74, 6) is 1.10. The summed E-state index contributed by atoms with van der Waals surface area (Å²) in [6, 6.07) is 9.73. The normalized spacial score (nSPS) is 10.6. The Balaban J connectivity index is 2.01. The van der Waals surface area contributed by atoms with Crippen LogP contribution in [0, 0.1) is 12.8 Å². The van der Waals surface area contributed by atoms with Crippen LogP contribution in [0.15, 0.2) is 41.0 Å². The van der Waals surface area contributed by atoms with Crippen LogP contribution in [0.4, 0.5) is 17.2 Å². The van der Waals surface area contributed by atoms with Gasteiger partial charge in [-0.2, -0.15) is 0 Å². The fourth-order valence-corrected chi connectivity index (χ4v) is 2.51. The van der Waals surface area contributed by atoms with Gasteiger partial charge in [0, 0.05) is 16.6 Å². The predicted octanol–water partition coefficient (Wildman–Crippen LogP) is 4.88. The Kier molecular flexibility index (Phi) is 5.55. The van der Waals surface area contributed by atoms with Crippen LogP contribution in [0.1, 0.15) is 25.8 Å². The van der Waals surface area contributed by atoms with Crippen LogP contribution >= 0.6 is 15.9 Å². The molecule has 0 spiro atoms. The molecule has 0 bridgehead atoms. The molecule has 1 aromatic heterocycles. The molecule has 1 amide bonds. The summed E-state index contributed by atoms with van der Waals surface area (Å²) < 4.78 is 1.05. The average molecular weight is 362 g/mol. The van der Waals surface area contributed by atoms with Gasteiger partial charge in [-0.3, -0.25) is 4.79 Å². The monoisotopic (exact) mass is 361 g/mol. The van der Waals surface area contributed by atoms with Gasteiger partial charge >= 0.3 is 0 Å². The molecule has 2 aromatic rings. The highest BCUT2D eigenvalue weighted by molar-refractivity contribution is 9.10. The molecule has 0 atom stereocenters. The fourth-order valence-electron chi connectivity index (χ4n) is 2.03. The number of nitrogens with zero attached hydrogens (tertiary/aromatic N) is 1. The Hall–Kier alpha value is -1.88. The smallest absolute Gasteiger partial charge is 0.224 e. The van der Waals surface area contributed by atoms with Crippen LogP contribution in [0.2, 0.25) is 0 Å². The van der Waals surface area contributed by atoms with Gasteiger partial charge < -0.3 is 10.6 Å². The fraction of sp³-hybridized carbons (Fsp3) is 0.294. The van der Waals surface area contributed by atoms with Crippen molar-refractivity contribution in [2.24, 2.45) is 5.92 Å². The van der Waals surface area contributed by atoms with Gasteiger partial charge in [0.15, 0.2) is 0 Å². The minimum absolute atomic E-state index is 0.0151. The zero-order valence-electron chi connectivity index (χ0n) is 13.0. The highest BCUT2D eigenvalue weighted by Crippen LogP contribution is 2.23. The lowest BCUT2D eigenvalue weighted by Gasteiger charge is -2.10. The van der Waals surface area contributed by atoms with Crippen LogP contribution in [-0.2, 0) is 4.79 Å². The highest BCUT2D eigenvalue weighted by atomic mass is 79.9. The maximum atomic E-state index is 11.7. The lowest BCUT2D eigenvalue weighted by Crippen LogP contribution is -2.13. The molecule has 0 aliphatic carbocycles. The van der Waals surface area contributed by atoms with E-state index in [1.807, 2.05) is 51.1 Å². The zero-order chi connectivity index (χ0) is 16.1. The summed E-state index contributed by atoms with van der Waals surface area (Å²) in [4.78, 5) is 16.0. The average Bonchev–Trinajstić information content (AvgIpc) is 2.43. The standard InChI is InChI=1S/C17H20BrN3O/c1-11(2)8-17(22)20-14-5-7-16(19-10-14)21-15-6-4-13(18)9-12(15)3/h4-7,9-11H,8H2,1-3H3,(H,19,21)(H,20,22). The van der Waals surface area contributed by atoms with E-state index in [4.69, 9.17) is 0 Å². The van der Waals surface area contributed by atoms with E-state index in [0.29, 0.717) is 18.0 Å². The van der Waals surface area contributed by atoms with Crippen molar-refractivity contribution in [3.8, 4) is 0 Å². The molecule has 0 unspecified atom stereocenters. The van der Waals surface area contributed by atoms with E-state index < -0.39 is 0 Å². The Morgan fingerprint density at radius 3 is 2.64 bits per heavy atom. The van der Waals surface area contributed by atoms with Crippen LogP contribution in [0.25, 0.3) is 0 Å². The van der Waals surface area contributed by atoms with E-state index in [9.17, 15) is 4.79 Å². The van der Waals surface area contributed by atoms with Crippen molar-refractivity contribution >= 4 is 39.0 Å². The van der Waals surface area contributed by atoms with E-state index in [1.54, 1.807) is 6.20 Å². The first-order valence-electron chi connectivity index (χ1n) is 7.23. The summed E-state index contributed by atoms with van der Waals surface area (Å²) in [5, 5.41) is 6.12. The highest BCUT2D eigenvalue weighted by Gasteiger charge is 2.06. The number of aromatic nitrogens is 1. The molecule has 0 aliphatic heterocycles. The van der Waals surface area contributed by atoms with Crippen molar-refractivity contribution in [1.29, 1.82) is 0 Å². The zero-order valence-corrected chi connectivity index (χ0v) is 14.6. The van der Waals surface area contributed by atoms with Gasteiger partial charge in [-0.15, -0.1) is 0 Å². The molecule has 2 rings (SSSR count). The van der Waals surface area contributed by atoms with Crippen molar-refractivity contribution < 1.29 is 4.79 Å². The Bertz CT molecular complexity index is 653. The number of carbonyl (C=O) groups is 1. The number of carbonyl (C=O) groups excluding carboxylic acids is 1. The number of aryl methyl sites for hydroxylation is 1. The SMILES string of the molecule is Cc1cc(Br)ccc1Nc1ccc(NC(=O)CC(C)C)cn1. The van der Waals surface area contributed by atoms with E-state index in [2.05, 4.69) is 31.5 Å². The summed E-state index contributed by atoms with van der Waals surface area (Å²) in [5.41, 5.74) is 2.85. The minimum Gasteiger partial charge on any atom is -0.340 e. The van der Waals surface area contributed by atoms with Crippen molar-refractivity contribution in [3.05, 3.63) is 46.6 Å². The molecule has 22 heavy (non-hydrogen) atoms. The first-order valence-corrected chi connectivity index (χ1v) is 8.02. The molecule has 1 heterocycles. The second-order valence-electron chi connectivity index (χ2n) is 5.66. The number of hydrogen-bond acceptors (Lipinski definition) is 3. The van der Waals surface area contributed by atoms with E-state index in [0.717, 1.165) is 21.5 Å². The second kappa shape index (κ2) is 7.40. The van der Waals surface area contributed by atoms with Gasteiger partial charge in [0.25, 0.3) is 0 Å². The van der Waals surface area contributed by atoms with Crippen molar-refractivity contribution in [3.63, 3.8) is 0 Å². The maximum absolute atomic E-state index is 11.7. The third-order valence-corrected chi connectivity index (χ3v) is 3.59. The lowest BCUT2D eigenvalue weighted by atomic mass is 10.1. The van der Waals surface area contributed by atoms with Gasteiger partial charge in [0.1, 0.15) is 5.82 Å². The van der Waals surface area contributed by atoms with Gasteiger partial charge in [-0.25, -0.2) is 4.98 Å². The molecule has 0 aliphatic rings. The van der Waals surface area contributed by atoms with Crippen molar-refractivity contribution in [2.75, 3.05) is 10.6 Å². The number of rotatable bonds is 5. The predicted molar refractivity (Wildman–Crippen MR) is 94.5 cm³/mol. The molecule has 0 fully saturated rings. The third-order valence-electron chi connectivity index (χ3n) is 3.09. The van der Waals surface area contributed by atoms with Gasteiger partial charge in [-0.1, -0.05) is 29.8 Å². The first-order chi connectivity index (χ1) is 10.4. The molecular formula is C17H20BrN3O. The molecular weight excluding hydrogens is 342 g/mol. The Morgan fingerprint density at radius 2 is 2.05 bits per heavy atom. The molecule has 1 aromatic carbocycles. The van der Waals surface area contributed by atoms with Gasteiger partial charge in [0.2, 0.25) is 5.91 Å². The summed E-state index contributed by atoms with van der Waals surface area (Å²) in [6.45, 7) is 6.07. The quantitative estimate of drug-likeness (QED) is 0.797. The van der Waals surface area contributed by atoms with E-state index >= 15 is 0 Å². The molecule has 5 heteroatoms. The van der Waals surface area contributed by atoms with E-state index in [-0.39, 0.29) is 5.91 Å². The molecule has 2 N–H and O–H groups in total. The number of pyridine rings is 1. The first kappa shape index (κ1) is 16.5. The van der Waals surface area contributed by atoms with Crippen LogP contribution in [0.3, 0.4) is 0 Å². The third kappa shape index (κ3) is 4.84. The number of benzene rings is 1. The van der Waals surface area contributed by atoms with Crippen LogP contribution in [-0.4, -0.2) is 10.9 Å². The number of hydrogen-bond donors (Lipinski definition) is 2. The molecule has 116 valence electrons. The largest absolute Gasteiger partial charge is 0.340 e. The molecule has 0 radical (unpaired) electrons. The van der Waals surface area contributed by atoms with Crippen LogP contribution in [0.5, 0.6) is 0 Å². The lowest BCUT2D eigenvalue weighted by molar-refractivity contribution is -0.116. The summed E-state index contributed by atoms with van der Waals surface area (Å²) >= 11 is 3.45. The number of amides is 1. The number of halogens is 1. The second-order valence-corrected chi connectivity index (χ2v) is 6.58. The maximum Gasteiger partial charge on any atom is 0.224 e. The Labute approximate surface area is 139 Å². The Morgan fingerprint density at radius 1 is 1.27 bits per heavy atom. The van der Waals surface area contributed by atoms with Crippen LogP contribution < -0.4 is 10.6 Å². The van der Waals surface area contributed by atoms with Crippen molar-refractivity contribution in [2.45, 2.75) is 27.2 Å². The van der Waals surface area contributed by atoms with E-state index in [1.165, 1.54) is 0 Å². The summed E-state index contributed by atoms with van der Waals surface area (Å²) in [7, 11) is 0. The molecule has 0 saturated carbocycles. The summed E-state index contributed by atoms with van der Waals surface area (Å²) in [6.07, 6.45) is 2.17. The number of nitrogens with one attached hydrogen (secondary N) is 2. The molecule has 0 saturated heterocycles. The molecule has 4 nitrogen and oxygen atoms in total. The van der Waals surface area contributed by atoms with Gasteiger partial charge in [-0.05, 0) is 48.7 Å². The van der Waals surface area contributed by atoms with Crippen molar-refractivity contribution in [1.82, 2.24) is 4.98 Å². The van der Waals surface area contributed by atoms with Gasteiger partial charge in [0.05, 0.1) is 11.9 Å². The number of anilines is 3. The topological polar surface area (TPSA) is 54.0 Å². The minimum atomic E-state index is 0.0151.